The second-order valence-electron chi connectivity index (χ2n) is 7.68. The molecule has 0 aliphatic heterocycles. The quantitative estimate of drug-likeness (QED) is 0.349. The minimum absolute atomic E-state index is 0.0163. The van der Waals surface area contributed by atoms with Crippen LogP contribution >= 0.6 is 0 Å². The van der Waals surface area contributed by atoms with Crippen molar-refractivity contribution in [2.24, 2.45) is 0 Å². The van der Waals surface area contributed by atoms with Crippen molar-refractivity contribution in [3.63, 3.8) is 0 Å². The van der Waals surface area contributed by atoms with Gasteiger partial charge >= 0.3 is 5.97 Å². The largest absolute Gasteiger partial charge is 0.478 e. The number of halogens is 1. The highest BCUT2D eigenvalue weighted by atomic mass is 19.1. The molecule has 33 heavy (non-hydrogen) atoms. The molecule has 0 radical (unpaired) electrons. The second-order valence-corrected chi connectivity index (χ2v) is 7.68. The van der Waals surface area contributed by atoms with Crippen molar-refractivity contribution in [1.29, 1.82) is 0 Å². The molecule has 0 atom stereocenters. The van der Waals surface area contributed by atoms with Crippen LogP contribution in [0.25, 0.3) is 22.3 Å². The number of anilines is 1. The van der Waals surface area contributed by atoms with Crippen molar-refractivity contribution in [1.82, 2.24) is 0 Å². The summed E-state index contributed by atoms with van der Waals surface area (Å²) in [6.45, 7) is 0. The molecule has 0 unspecified atom stereocenters. The Kier molecular flexibility index (Phi) is 6.60. The van der Waals surface area contributed by atoms with E-state index < -0.39 is 5.97 Å². The molecule has 0 fully saturated rings. The Hall–Kier alpha value is -4.25. The number of aryl methyl sites for hydroxylation is 1. The van der Waals surface area contributed by atoms with E-state index in [0.29, 0.717) is 17.5 Å². The number of benzene rings is 4. The van der Waals surface area contributed by atoms with Crippen LogP contribution in [0.15, 0.2) is 97.1 Å². The van der Waals surface area contributed by atoms with Gasteiger partial charge in [-0.1, -0.05) is 72.8 Å². The maximum absolute atomic E-state index is 13.2. The topological polar surface area (TPSA) is 66.4 Å². The Labute approximate surface area is 191 Å². The first kappa shape index (κ1) is 22.0. The van der Waals surface area contributed by atoms with Crippen molar-refractivity contribution in [3.8, 4) is 22.3 Å². The van der Waals surface area contributed by atoms with Crippen molar-refractivity contribution in [3.05, 3.63) is 114 Å². The van der Waals surface area contributed by atoms with E-state index in [1.807, 2.05) is 54.6 Å². The number of carbonyl (C=O) groups excluding carboxylic acids is 1. The molecule has 0 saturated carbocycles. The van der Waals surface area contributed by atoms with Gasteiger partial charge in [0.25, 0.3) is 0 Å². The standard InChI is InChI=1S/C28H22FNO3/c29-24-14-11-22(12-15-24)23-13-16-26(25(18-23)28(32)33)30-27(31)17-8-19-6-9-21(10-7-19)20-4-2-1-3-5-20/h1-7,9-16,18H,8,17H2,(H,30,31)(H,32,33). The summed E-state index contributed by atoms with van der Waals surface area (Å²) in [5.74, 6) is -1.78. The highest BCUT2D eigenvalue weighted by molar-refractivity contribution is 6.01. The molecular formula is C28H22FNO3. The van der Waals surface area contributed by atoms with Crippen LogP contribution in [0.2, 0.25) is 0 Å². The molecule has 0 saturated heterocycles. The molecule has 0 aromatic heterocycles. The fourth-order valence-corrected chi connectivity index (χ4v) is 3.62. The molecule has 0 aliphatic carbocycles. The molecule has 5 heteroatoms. The molecule has 0 bridgehead atoms. The zero-order chi connectivity index (χ0) is 23.2. The molecule has 0 heterocycles. The fourth-order valence-electron chi connectivity index (χ4n) is 3.62. The molecule has 4 rings (SSSR count). The van der Waals surface area contributed by atoms with Crippen molar-refractivity contribution < 1.29 is 19.1 Å². The van der Waals surface area contributed by atoms with Gasteiger partial charge in [-0.05, 0) is 58.5 Å². The van der Waals surface area contributed by atoms with Gasteiger partial charge < -0.3 is 10.4 Å². The van der Waals surface area contributed by atoms with E-state index in [4.69, 9.17) is 0 Å². The SMILES string of the molecule is O=C(CCc1ccc(-c2ccccc2)cc1)Nc1ccc(-c2ccc(F)cc2)cc1C(=O)O. The van der Waals surface area contributed by atoms with Gasteiger partial charge in [-0.2, -0.15) is 0 Å². The van der Waals surface area contributed by atoms with Gasteiger partial charge in [-0.3, -0.25) is 4.79 Å². The number of amides is 1. The average molecular weight is 439 g/mol. The number of carboxylic acid groups (broad SMARTS) is 1. The molecule has 164 valence electrons. The minimum Gasteiger partial charge on any atom is -0.478 e. The van der Waals surface area contributed by atoms with E-state index in [1.165, 1.54) is 18.2 Å². The Morgan fingerprint density at radius 3 is 1.97 bits per heavy atom. The zero-order valence-corrected chi connectivity index (χ0v) is 17.8. The van der Waals surface area contributed by atoms with E-state index in [-0.39, 0.29) is 29.4 Å². The van der Waals surface area contributed by atoms with Gasteiger partial charge in [0.15, 0.2) is 0 Å². The van der Waals surface area contributed by atoms with E-state index in [9.17, 15) is 19.1 Å². The summed E-state index contributed by atoms with van der Waals surface area (Å²) >= 11 is 0. The Morgan fingerprint density at radius 2 is 1.30 bits per heavy atom. The molecule has 4 nitrogen and oxygen atoms in total. The average Bonchev–Trinajstić information content (AvgIpc) is 2.84. The van der Waals surface area contributed by atoms with Gasteiger partial charge in [0.05, 0.1) is 11.3 Å². The first-order valence-electron chi connectivity index (χ1n) is 10.6. The predicted octanol–water partition coefficient (Wildman–Crippen LogP) is 6.43. The number of rotatable bonds is 7. The molecular weight excluding hydrogens is 417 g/mol. The number of hydrogen-bond donors (Lipinski definition) is 2. The van der Waals surface area contributed by atoms with E-state index in [1.54, 1.807) is 24.3 Å². The molecule has 1 amide bonds. The highest BCUT2D eigenvalue weighted by Crippen LogP contribution is 2.26. The maximum Gasteiger partial charge on any atom is 0.337 e. The second kappa shape index (κ2) is 9.92. The molecule has 0 spiro atoms. The first-order valence-corrected chi connectivity index (χ1v) is 10.6. The van der Waals surface area contributed by atoms with Crippen LogP contribution in [0.4, 0.5) is 10.1 Å². The third kappa shape index (κ3) is 5.52. The number of carboxylic acids is 1. The number of carbonyl (C=O) groups is 2. The lowest BCUT2D eigenvalue weighted by molar-refractivity contribution is -0.116. The predicted molar refractivity (Wildman–Crippen MR) is 128 cm³/mol. The lowest BCUT2D eigenvalue weighted by Crippen LogP contribution is -2.15. The summed E-state index contributed by atoms with van der Waals surface area (Å²) in [4.78, 5) is 24.3. The van der Waals surface area contributed by atoms with Gasteiger partial charge in [0.2, 0.25) is 5.91 Å². The summed E-state index contributed by atoms with van der Waals surface area (Å²) in [5, 5.41) is 12.3. The first-order chi connectivity index (χ1) is 16.0. The van der Waals surface area contributed by atoms with Crippen LogP contribution in [0.3, 0.4) is 0 Å². The van der Waals surface area contributed by atoms with Crippen LogP contribution in [0, 0.1) is 5.82 Å². The van der Waals surface area contributed by atoms with Gasteiger partial charge in [0, 0.05) is 6.42 Å². The Balaban J connectivity index is 1.41. The van der Waals surface area contributed by atoms with Crippen LogP contribution in [0.5, 0.6) is 0 Å². The van der Waals surface area contributed by atoms with Crippen molar-refractivity contribution in [2.45, 2.75) is 12.8 Å². The van der Waals surface area contributed by atoms with Crippen LogP contribution in [-0.4, -0.2) is 17.0 Å². The summed E-state index contributed by atoms with van der Waals surface area (Å²) in [6.07, 6.45) is 0.764. The summed E-state index contributed by atoms with van der Waals surface area (Å²) < 4.78 is 13.2. The lowest BCUT2D eigenvalue weighted by Gasteiger charge is -2.11. The fraction of sp³-hybridized carbons (Fsp3) is 0.0714. The lowest BCUT2D eigenvalue weighted by atomic mass is 10.0. The number of hydrogen-bond acceptors (Lipinski definition) is 2. The maximum atomic E-state index is 13.2. The Bertz CT molecular complexity index is 1270. The normalized spacial score (nSPS) is 10.6. The summed E-state index contributed by atoms with van der Waals surface area (Å²) in [7, 11) is 0. The molecule has 0 aliphatic rings. The van der Waals surface area contributed by atoms with Crippen molar-refractivity contribution >= 4 is 17.6 Å². The number of nitrogens with one attached hydrogen (secondary N) is 1. The van der Waals surface area contributed by atoms with Gasteiger partial charge in [-0.15, -0.1) is 0 Å². The van der Waals surface area contributed by atoms with E-state index in [2.05, 4.69) is 5.32 Å². The van der Waals surface area contributed by atoms with Gasteiger partial charge in [0.1, 0.15) is 5.82 Å². The molecule has 2 N–H and O–H groups in total. The smallest absolute Gasteiger partial charge is 0.337 e. The van der Waals surface area contributed by atoms with Crippen LogP contribution in [0.1, 0.15) is 22.3 Å². The van der Waals surface area contributed by atoms with Crippen molar-refractivity contribution in [2.75, 3.05) is 5.32 Å². The van der Waals surface area contributed by atoms with Crippen LogP contribution in [-0.2, 0) is 11.2 Å². The summed E-state index contributed by atoms with van der Waals surface area (Å²) in [5.41, 5.74) is 4.80. The van der Waals surface area contributed by atoms with E-state index in [0.717, 1.165) is 16.7 Å². The van der Waals surface area contributed by atoms with Gasteiger partial charge in [-0.25, -0.2) is 9.18 Å². The third-order valence-corrected chi connectivity index (χ3v) is 5.40. The monoisotopic (exact) mass is 439 g/mol. The molecule has 4 aromatic rings. The minimum atomic E-state index is -1.15. The summed E-state index contributed by atoms with van der Waals surface area (Å²) in [6, 6.07) is 28.6. The Morgan fingerprint density at radius 1 is 0.727 bits per heavy atom. The highest BCUT2D eigenvalue weighted by Gasteiger charge is 2.14. The van der Waals surface area contributed by atoms with E-state index >= 15 is 0 Å². The molecule has 4 aromatic carbocycles. The van der Waals surface area contributed by atoms with Crippen LogP contribution < -0.4 is 5.32 Å². The number of aromatic carboxylic acids is 1. The third-order valence-electron chi connectivity index (χ3n) is 5.40. The zero-order valence-electron chi connectivity index (χ0n) is 17.8.